The zero-order valence-electron chi connectivity index (χ0n) is 14.4. The van der Waals surface area contributed by atoms with Gasteiger partial charge in [0.05, 0.1) is 21.6 Å². The number of carbonyl (C=O) groups excluding carboxylic acids is 1. The molecule has 0 bridgehead atoms. The molecule has 0 radical (unpaired) electrons. The van der Waals surface area contributed by atoms with Gasteiger partial charge in [0.15, 0.2) is 5.69 Å². The fraction of sp³-hybridized carbons (Fsp3) is 0.111. The number of carbonyl (C=O) groups is 1. The molecule has 134 valence electrons. The molecule has 4 rings (SSSR count). The first kappa shape index (κ1) is 17.0. The van der Waals surface area contributed by atoms with E-state index in [1.54, 1.807) is 18.2 Å². The molecular weight excluding hydrogens is 366 g/mol. The number of hydrogen-bond donors (Lipinski definition) is 1. The summed E-state index contributed by atoms with van der Waals surface area (Å²) in [5.74, 6) is -0.542. The molecule has 0 saturated heterocycles. The summed E-state index contributed by atoms with van der Waals surface area (Å²) in [5.41, 5.74) is 6.71. The first-order chi connectivity index (χ1) is 13.0. The predicted molar refractivity (Wildman–Crippen MR) is 100 cm³/mol. The van der Waals surface area contributed by atoms with Gasteiger partial charge in [0.25, 0.3) is 5.91 Å². The third-order valence-corrected chi connectivity index (χ3v) is 5.00. The number of primary amides is 1. The van der Waals surface area contributed by atoms with Gasteiger partial charge in [-0.05, 0) is 19.9 Å². The predicted octanol–water partition coefficient (Wildman–Crippen LogP) is 2.48. The topological polar surface area (TPSA) is 125 Å². The number of amides is 1. The van der Waals surface area contributed by atoms with Crippen LogP contribution in [0.15, 0.2) is 39.8 Å². The largest absolute Gasteiger partial charge is 0.402 e. The molecule has 1 amide bonds. The van der Waals surface area contributed by atoms with Crippen molar-refractivity contribution in [3.05, 3.63) is 57.4 Å². The number of hydrogen-bond acceptors (Lipinski definition) is 8. The number of nitrogens with two attached hydrogens (primary N) is 1. The van der Waals surface area contributed by atoms with E-state index < -0.39 is 11.5 Å². The zero-order valence-corrected chi connectivity index (χ0v) is 15.2. The van der Waals surface area contributed by atoms with Gasteiger partial charge in [-0.2, -0.15) is 0 Å². The number of benzene rings is 1. The summed E-state index contributed by atoms with van der Waals surface area (Å²) in [7, 11) is 0. The highest BCUT2D eigenvalue weighted by Gasteiger charge is 2.20. The summed E-state index contributed by atoms with van der Waals surface area (Å²) in [6, 6.07) is 4.98. The standard InChI is InChI=1S/C18H13N5O3S/c1-8-15(27-9(2)22-8)17-23-12-10(4-3-5-11(12)18(25)26-17)13-14(16(19)24)21-7-6-20-13/h3-7H,1-2H3,(H2,19,24). The van der Waals surface area contributed by atoms with E-state index in [9.17, 15) is 9.59 Å². The van der Waals surface area contributed by atoms with Crippen LogP contribution in [-0.4, -0.2) is 25.8 Å². The van der Waals surface area contributed by atoms with Crippen molar-refractivity contribution >= 4 is 28.1 Å². The molecule has 0 saturated carbocycles. The molecular formula is C18H13N5O3S. The third-order valence-electron chi connectivity index (χ3n) is 3.94. The van der Waals surface area contributed by atoms with E-state index in [2.05, 4.69) is 19.9 Å². The summed E-state index contributed by atoms with van der Waals surface area (Å²) in [6.07, 6.45) is 2.83. The molecule has 9 heteroatoms. The fourth-order valence-corrected chi connectivity index (χ4v) is 3.68. The molecule has 3 aromatic heterocycles. The van der Waals surface area contributed by atoms with Gasteiger partial charge in [0.2, 0.25) is 5.89 Å². The lowest BCUT2D eigenvalue weighted by atomic mass is 10.1. The Morgan fingerprint density at radius 2 is 1.93 bits per heavy atom. The number of thiazole rings is 1. The highest BCUT2D eigenvalue weighted by Crippen LogP contribution is 2.31. The molecule has 0 atom stereocenters. The van der Waals surface area contributed by atoms with Crippen molar-refractivity contribution in [3.63, 3.8) is 0 Å². The molecule has 0 spiro atoms. The summed E-state index contributed by atoms with van der Waals surface area (Å²) in [6.45, 7) is 3.69. The van der Waals surface area contributed by atoms with Crippen molar-refractivity contribution in [1.82, 2.24) is 19.9 Å². The van der Waals surface area contributed by atoms with E-state index in [0.717, 1.165) is 10.7 Å². The molecule has 0 aliphatic carbocycles. The van der Waals surface area contributed by atoms with Gasteiger partial charge in [-0.1, -0.05) is 12.1 Å². The quantitative estimate of drug-likeness (QED) is 0.579. The van der Waals surface area contributed by atoms with Crippen LogP contribution >= 0.6 is 11.3 Å². The smallest absolute Gasteiger partial charge is 0.347 e. The number of nitrogens with zero attached hydrogens (tertiary/aromatic N) is 4. The van der Waals surface area contributed by atoms with Gasteiger partial charge < -0.3 is 10.2 Å². The van der Waals surface area contributed by atoms with Crippen molar-refractivity contribution in [2.75, 3.05) is 0 Å². The van der Waals surface area contributed by atoms with Crippen LogP contribution in [0.25, 0.3) is 32.9 Å². The van der Waals surface area contributed by atoms with E-state index in [1.807, 2.05) is 13.8 Å². The van der Waals surface area contributed by atoms with Gasteiger partial charge in [0, 0.05) is 18.0 Å². The van der Waals surface area contributed by atoms with E-state index in [4.69, 9.17) is 10.2 Å². The minimum absolute atomic E-state index is 0.00593. The Balaban J connectivity index is 2.05. The van der Waals surface area contributed by atoms with Crippen LogP contribution in [0, 0.1) is 13.8 Å². The number of aryl methyl sites for hydroxylation is 2. The molecule has 8 nitrogen and oxygen atoms in total. The van der Waals surface area contributed by atoms with Crippen LogP contribution in [0.2, 0.25) is 0 Å². The van der Waals surface area contributed by atoms with E-state index >= 15 is 0 Å². The molecule has 3 heterocycles. The third kappa shape index (κ3) is 2.87. The van der Waals surface area contributed by atoms with Gasteiger partial charge in [-0.15, -0.1) is 11.3 Å². The van der Waals surface area contributed by atoms with E-state index in [0.29, 0.717) is 16.0 Å². The number of para-hydroxylation sites is 1. The highest BCUT2D eigenvalue weighted by molar-refractivity contribution is 7.15. The first-order valence-electron chi connectivity index (χ1n) is 7.95. The maximum Gasteiger partial charge on any atom is 0.347 e. The van der Waals surface area contributed by atoms with Crippen LogP contribution in [0.1, 0.15) is 21.2 Å². The molecule has 0 aliphatic heterocycles. The average molecular weight is 379 g/mol. The highest BCUT2D eigenvalue weighted by atomic mass is 32.1. The Kier molecular flexibility index (Phi) is 4.00. The van der Waals surface area contributed by atoms with Crippen LogP contribution in [0.5, 0.6) is 0 Å². The number of fused-ring (bicyclic) bond motifs is 1. The lowest BCUT2D eigenvalue weighted by Crippen LogP contribution is -2.15. The number of rotatable bonds is 3. The molecule has 2 N–H and O–H groups in total. The second-order valence-electron chi connectivity index (χ2n) is 5.77. The Morgan fingerprint density at radius 1 is 1.15 bits per heavy atom. The van der Waals surface area contributed by atoms with E-state index in [1.165, 1.54) is 23.7 Å². The molecule has 0 aliphatic rings. The first-order valence-corrected chi connectivity index (χ1v) is 8.77. The molecule has 4 aromatic rings. The van der Waals surface area contributed by atoms with Gasteiger partial charge in [-0.3, -0.25) is 9.78 Å². The summed E-state index contributed by atoms with van der Waals surface area (Å²) >= 11 is 1.39. The van der Waals surface area contributed by atoms with E-state index in [-0.39, 0.29) is 22.7 Å². The normalized spacial score (nSPS) is 11.0. The van der Waals surface area contributed by atoms with Gasteiger partial charge >= 0.3 is 5.63 Å². The van der Waals surface area contributed by atoms with Gasteiger partial charge in [-0.25, -0.2) is 19.7 Å². The monoisotopic (exact) mass is 379 g/mol. The average Bonchev–Trinajstić information content (AvgIpc) is 2.99. The van der Waals surface area contributed by atoms with Crippen LogP contribution in [0.4, 0.5) is 0 Å². The lowest BCUT2D eigenvalue weighted by molar-refractivity contribution is 0.0996. The second-order valence-corrected chi connectivity index (χ2v) is 6.98. The minimum atomic E-state index is -0.716. The summed E-state index contributed by atoms with van der Waals surface area (Å²) < 4.78 is 5.42. The Morgan fingerprint density at radius 3 is 2.63 bits per heavy atom. The SMILES string of the molecule is Cc1nc(C)c(-c2nc3c(-c4nccnc4C(N)=O)cccc3c(=O)o2)s1. The molecule has 27 heavy (non-hydrogen) atoms. The Bertz CT molecular complexity index is 1260. The number of aromatic nitrogens is 4. The maximum atomic E-state index is 12.5. The van der Waals surface area contributed by atoms with Crippen LogP contribution in [0.3, 0.4) is 0 Å². The van der Waals surface area contributed by atoms with Crippen molar-refractivity contribution in [2.24, 2.45) is 5.73 Å². The van der Waals surface area contributed by atoms with Gasteiger partial charge in [0.1, 0.15) is 10.6 Å². The Hall–Kier alpha value is -3.46. The lowest BCUT2D eigenvalue weighted by Gasteiger charge is -2.08. The van der Waals surface area contributed by atoms with Crippen LogP contribution in [-0.2, 0) is 0 Å². The maximum absolute atomic E-state index is 12.5. The fourth-order valence-electron chi connectivity index (χ4n) is 2.83. The molecule has 0 unspecified atom stereocenters. The molecule has 0 fully saturated rings. The second kappa shape index (κ2) is 6.36. The summed E-state index contributed by atoms with van der Waals surface area (Å²) in [5, 5.41) is 1.11. The van der Waals surface area contributed by atoms with Crippen molar-refractivity contribution in [1.29, 1.82) is 0 Å². The van der Waals surface area contributed by atoms with Crippen molar-refractivity contribution < 1.29 is 9.21 Å². The molecule has 1 aromatic carbocycles. The zero-order chi connectivity index (χ0) is 19.1. The van der Waals surface area contributed by atoms with Crippen molar-refractivity contribution in [2.45, 2.75) is 13.8 Å². The summed E-state index contributed by atoms with van der Waals surface area (Å²) in [4.78, 5) is 42.1. The van der Waals surface area contributed by atoms with Crippen molar-refractivity contribution in [3.8, 4) is 22.0 Å². The Labute approximate surface area is 156 Å². The minimum Gasteiger partial charge on any atom is -0.402 e. The van der Waals surface area contributed by atoms with Crippen LogP contribution < -0.4 is 11.4 Å².